The summed E-state index contributed by atoms with van der Waals surface area (Å²) in [7, 11) is 0. The smallest absolute Gasteiger partial charge is 0.214 e. The number of furan rings is 1. The molecule has 1 aromatic carbocycles. The molecule has 4 heteroatoms. The second kappa shape index (κ2) is 4.57. The van der Waals surface area contributed by atoms with E-state index in [2.05, 4.69) is 56.1 Å². The Morgan fingerprint density at radius 2 is 1.91 bits per heavy atom. The van der Waals surface area contributed by atoms with Crippen LogP contribution in [-0.4, -0.2) is 14.6 Å². The van der Waals surface area contributed by atoms with Crippen molar-refractivity contribution >= 4 is 27.5 Å². The molecule has 0 aliphatic rings. The van der Waals surface area contributed by atoms with E-state index in [9.17, 15) is 0 Å². The summed E-state index contributed by atoms with van der Waals surface area (Å²) < 4.78 is 7.89. The summed E-state index contributed by atoms with van der Waals surface area (Å²) in [5.74, 6) is 0.903. The van der Waals surface area contributed by atoms with Crippen LogP contribution in [0.3, 0.4) is 0 Å². The van der Waals surface area contributed by atoms with Gasteiger partial charge in [0.1, 0.15) is 12.1 Å². The molecule has 4 aromatic rings. The Bertz CT molecular complexity index is 1050. The fourth-order valence-corrected chi connectivity index (χ4v) is 3.39. The zero-order valence-corrected chi connectivity index (χ0v) is 14.3. The molecule has 0 bridgehead atoms. The van der Waals surface area contributed by atoms with Gasteiger partial charge in [-0.05, 0) is 42.7 Å². The molecule has 0 radical (unpaired) electrons. The summed E-state index contributed by atoms with van der Waals surface area (Å²) in [5, 5.41) is 12.0. The highest BCUT2D eigenvalue weighted by Crippen LogP contribution is 2.39. The molecule has 4 rings (SSSR count). The summed E-state index contributed by atoms with van der Waals surface area (Å²) in [4.78, 5) is 0. The Morgan fingerprint density at radius 3 is 2.65 bits per heavy atom. The molecule has 0 aliphatic heterocycles. The normalized spacial score (nSPS) is 12.7. The number of benzene rings is 1. The van der Waals surface area contributed by atoms with Gasteiger partial charge in [-0.2, -0.15) is 0 Å². The lowest BCUT2D eigenvalue weighted by atomic mass is 9.79. The molecule has 0 amide bonds. The third-order valence-electron chi connectivity index (χ3n) is 5.01. The second-order valence-corrected chi connectivity index (χ2v) is 7.07. The van der Waals surface area contributed by atoms with E-state index >= 15 is 0 Å². The monoisotopic (exact) mass is 307 g/mol. The highest BCUT2D eigenvalue weighted by atomic mass is 16.3. The predicted octanol–water partition coefficient (Wildman–Crippen LogP) is 4.93. The molecule has 0 aliphatic carbocycles. The number of pyridine rings is 1. The minimum Gasteiger partial charge on any atom is -0.444 e. The first-order chi connectivity index (χ1) is 10.9. The van der Waals surface area contributed by atoms with Gasteiger partial charge < -0.3 is 4.42 Å². The maximum atomic E-state index is 5.92. The third kappa shape index (κ3) is 1.90. The molecule has 3 aromatic heterocycles. The molecule has 0 saturated carbocycles. The van der Waals surface area contributed by atoms with Gasteiger partial charge in [0, 0.05) is 10.8 Å². The molecule has 0 spiro atoms. The van der Waals surface area contributed by atoms with Gasteiger partial charge in [-0.3, -0.25) is 4.40 Å². The SMILES string of the molecule is CCC(C)(C)c1cc(C)cc2c3cc(C)oc3n3cnnc3c12. The van der Waals surface area contributed by atoms with Crippen LogP contribution in [0.1, 0.15) is 44.1 Å². The number of hydrogen-bond donors (Lipinski definition) is 0. The van der Waals surface area contributed by atoms with Crippen LogP contribution >= 0.6 is 0 Å². The summed E-state index contributed by atoms with van der Waals surface area (Å²) in [5.41, 5.74) is 4.36. The molecular weight excluding hydrogens is 286 g/mol. The van der Waals surface area contributed by atoms with Gasteiger partial charge in [0.05, 0.1) is 0 Å². The molecule has 0 N–H and O–H groups in total. The molecule has 0 atom stereocenters. The Morgan fingerprint density at radius 1 is 1.13 bits per heavy atom. The summed E-state index contributed by atoms with van der Waals surface area (Å²) in [6.45, 7) is 10.9. The summed E-state index contributed by atoms with van der Waals surface area (Å²) in [6.07, 6.45) is 2.80. The van der Waals surface area contributed by atoms with E-state index in [1.165, 1.54) is 21.9 Å². The molecule has 3 heterocycles. The van der Waals surface area contributed by atoms with Crippen molar-refractivity contribution in [2.75, 3.05) is 0 Å². The van der Waals surface area contributed by atoms with E-state index in [0.717, 1.165) is 28.9 Å². The van der Waals surface area contributed by atoms with Crippen molar-refractivity contribution in [1.82, 2.24) is 14.6 Å². The van der Waals surface area contributed by atoms with Crippen molar-refractivity contribution in [3.8, 4) is 0 Å². The van der Waals surface area contributed by atoms with E-state index in [4.69, 9.17) is 4.42 Å². The average Bonchev–Trinajstić information content (AvgIpc) is 3.12. The maximum absolute atomic E-state index is 5.92. The van der Waals surface area contributed by atoms with Crippen LogP contribution in [0.15, 0.2) is 28.9 Å². The summed E-state index contributed by atoms with van der Waals surface area (Å²) in [6, 6.07) is 6.63. The van der Waals surface area contributed by atoms with E-state index in [1.54, 1.807) is 6.33 Å². The number of aryl methyl sites for hydroxylation is 2. The largest absolute Gasteiger partial charge is 0.444 e. The van der Waals surface area contributed by atoms with E-state index in [1.807, 2.05) is 11.3 Å². The van der Waals surface area contributed by atoms with Gasteiger partial charge in [-0.25, -0.2) is 0 Å². The van der Waals surface area contributed by atoms with Crippen molar-refractivity contribution in [3.63, 3.8) is 0 Å². The Hall–Kier alpha value is -2.36. The van der Waals surface area contributed by atoms with Crippen LogP contribution in [0.2, 0.25) is 0 Å². The lowest BCUT2D eigenvalue weighted by molar-refractivity contribution is 0.510. The number of fused-ring (bicyclic) bond motifs is 6. The van der Waals surface area contributed by atoms with Crippen molar-refractivity contribution < 1.29 is 4.42 Å². The van der Waals surface area contributed by atoms with Crippen LogP contribution in [-0.2, 0) is 5.41 Å². The lowest BCUT2D eigenvalue weighted by Gasteiger charge is -2.26. The molecular formula is C19H21N3O. The number of aromatic nitrogens is 3. The highest BCUT2D eigenvalue weighted by molar-refractivity contribution is 6.12. The maximum Gasteiger partial charge on any atom is 0.214 e. The minimum absolute atomic E-state index is 0.0726. The van der Waals surface area contributed by atoms with Crippen LogP contribution in [0.4, 0.5) is 0 Å². The molecule has 0 saturated heterocycles. The van der Waals surface area contributed by atoms with E-state index in [-0.39, 0.29) is 5.41 Å². The van der Waals surface area contributed by atoms with E-state index in [0.29, 0.717) is 0 Å². The van der Waals surface area contributed by atoms with E-state index < -0.39 is 0 Å². The second-order valence-electron chi connectivity index (χ2n) is 7.07. The first-order valence-electron chi connectivity index (χ1n) is 8.09. The lowest BCUT2D eigenvalue weighted by Crippen LogP contribution is -2.16. The molecule has 0 unspecified atom stereocenters. The quantitative estimate of drug-likeness (QED) is 0.527. The number of hydrogen-bond acceptors (Lipinski definition) is 3. The molecule has 118 valence electrons. The Labute approximate surface area is 135 Å². The van der Waals surface area contributed by atoms with Crippen molar-refractivity contribution in [2.24, 2.45) is 0 Å². The van der Waals surface area contributed by atoms with Crippen molar-refractivity contribution in [2.45, 2.75) is 46.5 Å². The molecule has 0 fully saturated rings. The fourth-order valence-electron chi connectivity index (χ4n) is 3.39. The molecule has 23 heavy (non-hydrogen) atoms. The van der Waals surface area contributed by atoms with Crippen molar-refractivity contribution in [3.05, 3.63) is 41.4 Å². The summed E-state index contributed by atoms with van der Waals surface area (Å²) >= 11 is 0. The van der Waals surface area contributed by atoms with Crippen molar-refractivity contribution in [1.29, 1.82) is 0 Å². The number of nitrogens with zero attached hydrogens (tertiary/aromatic N) is 3. The first kappa shape index (κ1) is 14.2. The van der Waals surface area contributed by atoms with Gasteiger partial charge in [0.15, 0.2) is 5.65 Å². The average molecular weight is 307 g/mol. The standard InChI is InChI=1S/C19H21N3O/c1-6-19(4,5)15-8-11(2)7-13-14-9-12(3)23-18(14)22-10-20-21-17(22)16(13)15/h7-10H,6H2,1-5H3. The third-order valence-corrected chi connectivity index (χ3v) is 5.01. The minimum atomic E-state index is 0.0726. The Balaban J connectivity index is 2.34. The van der Waals surface area contributed by atoms with Crippen LogP contribution in [0, 0.1) is 13.8 Å². The zero-order valence-electron chi connectivity index (χ0n) is 14.3. The highest BCUT2D eigenvalue weighted by Gasteiger charge is 2.25. The van der Waals surface area contributed by atoms with Gasteiger partial charge in [-0.1, -0.05) is 38.5 Å². The number of rotatable bonds is 2. The van der Waals surface area contributed by atoms with Crippen LogP contribution in [0.5, 0.6) is 0 Å². The fraction of sp³-hybridized carbons (Fsp3) is 0.368. The van der Waals surface area contributed by atoms with Gasteiger partial charge in [0.25, 0.3) is 0 Å². The van der Waals surface area contributed by atoms with Crippen LogP contribution in [0.25, 0.3) is 27.5 Å². The Kier molecular flexibility index (Phi) is 2.83. The first-order valence-corrected chi connectivity index (χ1v) is 8.09. The topological polar surface area (TPSA) is 43.3 Å². The van der Waals surface area contributed by atoms with Gasteiger partial charge >= 0.3 is 0 Å². The predicted molar refractivity (Wildman–Crippen MR) is 93.1 cm³/mol. The molecule has 4 nitrogen and oxygen atoms in total. The zero-order chi connectivity index (χ0) is 16.4. The van der Waals surface area contributed by atoms with Gasteiger partial charge in [0.2, 0.25) is 5.71 Å². The van der Waals surface area contributed by atoms with Gasteiger partial charge in [-0.15, -0.1) is 10.2 Å². The van der Waals surface area contributed by atoms with Crippen LogP contribution < -0.4 is 0 Å².